The van der Waals surface area contributed by atoms with Crippen molar-refractivity contribution in [2.45, 2.75) is 32.6 Å². The molecule has 0 saturated heterocycles. The number of carbonyl (C=O) groups excluding carboxylic acids is 1. The number of non-ortho nitro benzene ring substituents is 1. The molecule has 0 heterocycles. The number of nitrogens with one attached hydrogen (secondary N) is 1. The quantitative estimate of drug-likeness (QED) is 0.456. The van der Waals surface area contributed by atoms with Gasteiger partial charge in [-0.25, -0.2) is 8.42 Å². The molecule has 0 aliphatic heterocycles. The number of rotatable bonds is 10. The van der Waals surface area contributed by atoms with E-state index in [2.05, 4.69) is 5.32 Å². The first-order chi connectivity index (χ1) is 14.1. The number of sulfonamides is 1. The average Bonchev–Trinajstić information content (AvgIpc) is 2.69. The van der Waals surface area contributed by atoms with E-state index in [4.69, 9.17) is 0 Å². The van der Waals surface area contributed by atoms with Gasteiger partial charge in [-0.2, -0.15) is 0 Å². The largest absolute Gasteiger partial charge is 0.356 e. The smallest absolute Gasteiger partial charge is 0.271 e. The molecule has 0 aliphatic carbocycles. The maximum Gasteiger partial charge on any atom is 0.271 e. The van der Waals surface area contributed by atoms with Crippen LogP contribution in [0.25, 0.3) is 0 Å². The predicted octanol–water partition coefficient (Wildman–Crippen LogP) is 3.37. The van der Waals surface area contributed by atoms with Crippen LogP contribution in [-0.4, -0.2) is 38.6 Å². The zero-order valence-electron chi connectivity index (χ0n) is 17.4. The topological polar surface area (TPSA) is 110 Å². The zero-order valence-corrected chi connectivity index (χ0v) is 18.2. The van der Waals surface area contributed by atoms with Gasteiger partial charge in [0.05, 0.1) is 16.9 Å². The van der Waals surface area contributed by atoms with E-state index in [9.17, 15) is 23.3 Å². The van der Waals surface area contributed by atoms with Crippen molar-refractivity contribution in [3.05, 3.63) is 69.8 Å². The SMILES string of the molecule is Cc1ccc([N+](=O)[O-])cc1N(CCCC(=O)NC[C@H](C)c1ccccc1)S(C)(=O)=O. The number of nitrogens with zero attached hydrogens (tertiary/aromatic N) is 2. The molecule has 8 nitrogen and oxygen atoms in total. The lowest BCUT2D eigenvalue weighted by molar-refractivity contribution is -0.384. The minimum atomic E-state index is -3.66. The van der Waals surface area contributed by atoms with Gasteiger partial charge in [-0.15, -0.1) is 0 Å². The summed E-state index contributed by atoms with van der Waals surface area (Å²) in [5, 5.41) is 13.9. The number of anilines is 1. The van der Waals surface area contributed by atoms with Crippen LogP contribution < -0.4 is 9.62 Å². The molecular weight excluding hydrogens is 406 g/mol. The summed E-state index contributed by atoms with van der Waals surface area (Å²) in [4.78, 5) is 22.7. The van der Waals surface area contributed by atoms with E-state index in [1.807, 2.05) is 37.3 Å². The summed E-state index contributed by atoms with van der Waals surface area (Å²) in [6, 6.07) is 13.9. The van der Waals surface area contributed by atoms with Crippen molar-refractivity contribution in [3.8, 4) is 0 Å². The van der Waals surface area contributed by atoms with Gasteiger partial charge in [-0.05, 0) is 30.4 Å². The highest BCUT2D eigenvalue weighted by Gasteiger charge is 2.22. The number of benzene rings is 2. The summed E-state index contributed by atoms with van der Waals surface area (Å²) in [5.74, 6) is -0.00261. The summed E-state index contributed by atoms with van der Waals surface area (Å²) in [7, 11) is -3.66. The van der Waals surface area contributed by atoms with Gasteiger partial charge in [-0.3, -0.25) is 19.2 Å². The molecular formula is C21H27N3O5S. The first-order valence-electron chi connectivity index (χ1n) is 9.64. The Labute approximate surface area is 177 Å². The molecule has 0 aliphatic rings. The molecule has 0 saturated carbocycles. The number of hydrogen-bond acceptors (Lipinski definition) is 5. The Morgan fingerprint density at radius 3 is 2.47 bits per heavy atom. The highest BCUT2D eigenvalue weighted by molar-refractivity contribution is 7.92. The van der Waals surface area contributed by atoms with Crippen LogP contribution in [0.3, 0.4) is 0 Å². The minimum absolute atomic E-state index is 0.0580. The highest BCUT2D eigenvalue weighted by atomic mass is 32.2. The molecule has 9 heteroatoms. The van der Waals surface area contributed by atoms with E-state index < -0.39 is 14.9 Å². The molecule has 2 aromatic carbocycles. The lowest BCUT2D eigenvalue weighted by atomic mass is 10.0. The predicted molar refractivity (Wildman–Crippen MR) is 117 cm³/mol. The fourth-order valence-corrected chi connectivity index (χ4v) is 4.10. The zero-order chi connectivity index (χ0) is 22.3. The lowest BCUT2D eigenvalue weighted by Gasteiger charge is -2.24. The van der Waals surface area contributed by atoms with E-state index in [1.165, 1.54) is 18.2 Å². The van der Waals surface area contributed by atoms with Gasteiger partial charge in [0.15, 0.2) is 0 Å². The Balaban J connectivity index is 1.97. The third-order valence-corrected chi connectivity index (χ3v) is 5.99. The Morgan fingerprint density at radius 1 is 1.20 bits per heavy atom. The highest BCUT2D eigenvalue weighted by Crippen LogP contribution is 2.27. The Hall–Kier alpha value is -2.94. The molecule has 0 spiro atoms. The van der Waals surface area contributed by atoms with Crippen LogP contribution >= 0.6 is 0 Å². The van der Waals surface area contributed by atoms with Gasteiger partial charge in [0.2, 0.25) is 15.9 Å². The van der Waals surface area contributed by atoms with Crippen LogP contribution in [0.15, 0.2) is 48.5 Å². The fourth-order valence-electron chi connectivity index (χ4n) is 3.08. The number of aryl methyl sites for hydroxylation is 1. The molecule has 0 unspecified atom stereocenters. The molecule has 1 amide bonds. The molecule has 2 rings (SSSR count). The van der Waals surface area contributed by atoms with E-state index >= 15 is 0 Å². The maximum atomic E-state index is 12.3. The number of hydrogen-bond donors (Lipinski definition) is 1. The van der Waals surface area contributed by atoms with Gasteiger partial charge < -0.3 is 5.32 Å². The van der Waals surface area contributed by atoms with Crippen molar-refractivity contribution in [3.63, 3.8) is 0 Å². The summed E-state index contributed by atoms with van der Waals surface area (Å²) < 4.78 is 25.7. The van der Waals surface area contributed by atoms with Gasteiger partial charge in [0.25, 0.3) is 5.69 Å². The maximum absolute atomic E-state index is 12.3. The Morgan fingerprint density at radius 2 is 1.87 bits per heavy atom. The monoisotopic (exact) mass is 433 g/mol. The molecule has 0 bridgehead atoms. The van der Waals surface area contributed by atoms with Crippen LogP contribution in [-0.2, 0) is 14.8 Å². The van der Waals surface area contributed by atoms with Crippen molar-refractivity contribution in [2.75, 3.05) is 23.7 Å². The summed E-state index contributed by atoms with van der Waals surface area (Å²) in [6.45, 7) is 4.26. The standard InChI is InChI=1S/C21H27N3O5S/c1-16-11-12-19(24(26)27)14-20(16)23(30(3,28)29)13-7-10-21(25)22-15-17(2)18-8-5-4-6-9-18/h4-6,8-9,11-12,14,17H,7,10,13,15H2,1-3H3,(H,22,25)/t17-/m0/s1. The average molecular weight is 434 g/mol. The number of carbonyl (C=O) groups is 1. The number of nitro benzene ring substituents is 1. The first kappa shape index (κ1) is 23.3. The van der Waals surface area contributed by atoms with Crippen LogP contribution in [0.2, 0.25) is 0 Å². The van der Waals surface area contributed by atoms with Crippen molar-refractivity contribution >= 4 is 27.3 Å². The lowest BCUT2D eigenvalue weighted by Crippen LogP contribution is -2.33. The van der Waals surface area contributed by atoms with Gasteiger partial charge in [0, 0.05) is 31.6 Å². The first-order valence-corrected chi connectivity index (χ1v) is 11.5. The van der Waals surface area contributed by atoms with Crippen molar-refractivity contribution in [1.29, 1.82) is 0 Å². The Bertz CT molecular complexity index is 993. The molecule has 2 aromatic rings. The second-order valence-electron chi connectivity index (χ2n) is 7.28. The molecule has 0 fully saturated rings. The van der Waals surface area contributed by atoms with Gasteiger partial charge in [-0.1, -0.05) is 43.3 Å². The second kappa shape index (κ2) is 10.2. The Kier molecular flexibility index (Phi) is 7.93. The molecule has 0 aromatic heterocycles. The molecule has 1 N–H and O–H groups in total. The van der Waals surface area contributed by atoms with Crippen LogP contribution in [0.4, 0.5) is 11.4 Å². The molecule has 0 radical (unpaired) electrons. The summed E-state index contributed by atoms with van der Waals surface area (Å²) >= 11 is 0. The van der Waals surface area contributed by atoms with Crippen LogP contribution in [0.1, 0.15) is 36.8 Å². The van der Waals surface area contributed by atoms with Crippen molar-refractivity contribution < 1.29 is 18.1 Å². The van der Waals surface area contributed by atoms with Gasteiger partial charge >= 0.3 is 0 Å². The second-order valence-corrected chi connectivity index (χ2v) is 9.19. The van der Waals surface area contributed by atoms with E-state index in [0.29, 0.717) is 18.5 Å². The van der Waals surface area contributed by atoms with Crippen molar-refractivity contribution in [2.24, 2.45) is 0 Å². The normalized spacial score (nSPS) is 12.2. The van der Waals surface area contributed by atoms with E-state index in [0.717, 1.165) is 16.1 Å². The molecule has 162 valence electrons. The van der Waals surface area contributed by atoms with E-state index in [1.54, 1.807) is 6.92 Å². The third-order valence-electron chi connectivity index (χ3n) is 4.81. The number of nitro groups is 1. The van der Waals surface area contributed by atoms with Crippen LogP contribution in [0, 0.1) is 17.0 Å². The van der Waals surface area contributed by atoms with Crippen molar-refractivity contribution in [1.82, 2.24) is 5.32 Å². The summed E-state index contributed by atoms with van der Waals surface area (Å²) in [5.41, 5.74) is 1.80. The third kappa shape index (κ3) is 6.55. The van der Waals surface area contributed by atoms with Gasteiger partial charge in [0.1, 0.15) is 0 Å². The number of amides is 1. The summed E-state index contributed by atoms with van der Waals surface area (Å²) in [6.07, 6.45) is 1.50. The van der Waals surface area contributed by atoms with E-state index in [-0.39, 0.29) is 36.2 Å². The molecule has 30 heavy (non-hydrogen) atoms. The minimum Gasteiger partial charge on any atom is -0.356 e. The molecule has 1 atom stereocenters. The fraction of sp³-hybridized carbons (Fsp3) is 0.381. The van der Waals surface area contributed by atoms with Crippen LogP contribution in [0.5, 0.6) is 0 Å².